The first-order chi connectivity index (χ1) is 7.97. The van der Waals surface area contributed by atoms with Crippen LogP contribution in [-0.4, -0.2) is 32.0 Å². The van der Waals surface area contributed by atoms with E-state index >= 15 is 0 Å². The molecular weight excluding hydrogens is 218 g/mol. The summed E-state index contributed by atoms with van der Waals surface area (Å²) in [4.78, 5) is 0. The zero-order chi connectivity index (χ0) is 12.9. The fraction of sp³-hybridized carbons (Fsp3) is 0.538. The lowest BCUT2D eigenvalue weighted by Crippen LogP contribution is -2.25. The molecule has 0 saturated heterocycles. The van der Waals surface area contributed by atoms with Crippen molar-refractivity contribution in [3.8, 4) is 5.75 Å². The van der Waals surface area contributed by atoms with Crippen LogP contribution in [0, 0.1) is 0 Å². The summed E-state index contributed by atoms with van der Waals surface area (Å²) in [6, 6.07) is 5.18. The number of rotatable bonds is 6. The Labute approximate surface area is 102 Å². The second-order valence-corrected chi connectivity index (χ2v) is 4.71. The van der Waals surface area contributed by atoms with Crippen molar-refractivity contribution in [3.63, 3.8) is 0 Å². The summed E-state index contributed by atoms with van der Waals surface area (Å²) in [5.74, 6) is 0.213. The van der Waals surface area contributed by atoms with Gasteiger partial charge >= 0.3 is 0 Å². The molecule has 0 aliphatic carbocycles. The molecule has 1 rings (SSSR count). The van der Waals surface area contributed by atoms with E-state index in [1.54, 1.807) is 19.2 Å². The third-order valence-corrected chi connectivity index (χ3v) is 2.65. The Morgan fingerprint density at radius 2 is 2.00 bits per heavy atom. The number of hydrogen-bond acceptors (Lipinski definition) is 4. The second kappa shape index (κ2) is 5.89. The van der Waals surface area contributed by atoms with Gasteiger partial charge in [0.05, 0.1) is 19.8 Å². The van der Waals surface area contributed by atoms with E-state index in [0.717, 1.165) is 5.56 Å². The summed E-state index contributed by atoms with van der Waals surface area (Å²) in [6.07, 6.45) is 0. The molecule has 0 spiro atoms. The minimum Gasteiger partial charge on any atom is -0.508 e. The van der Waals surface area contributed by atoms with Crippen LogP contribution < -0.4 is 5.73 Å². The molecule has 3 N–H and O–H groups in total. The highest BCUT2D eigenvalue weighted by Crippen LogP contribution is 2.32. The number of anilines is 1. The van der Waals surface area contributed by atoms with Crippen LogP contribution in [0.2, 0.25) is 0 Å². The zero-order valence-corrected chi connectivity index (χ0v) is 10.7. The van der Waals surface area contributed by atoms with Crippen LogP contribution in [0.4, 0.5) is 5.69 Å². The lowest BCUT2D eigenvalue weighted by atomic mass is 9.85. The maximum atomic E-state index is 9.87. The van der Waals surface area contributed by atoms with Crippen LogP contribution in [0.5, 0.6) is 5.75 Å². The molecule has 0 aliphatic rings. The maximum absolute atomic E-state index is 9.87. The van der Waals surface area contributed by atoms with E-state index in [1.165, 1.54) is 0 Å². The Balaban J connectivity index is 2.68. The normalized spacial score (nSPS) is 11.7. The molecule has 1 aromatic rings. The van der Waals surface area contributed by atoms with Gasteiger partial charge in [-0.1, -0.05) is 19.9 Å². The van der Waals surface area contributed by atoms with Crippen molar-refractivity contribution in [1.29, 1.82) is 0 Å². The van der Waals surface area contributed by atoms with Crippen molar-refractivity contribution in [2.45, 2.75) is 19.3 Å². The number of methoxy groups -OCH3 is 1. The van der Waals surface area contributed by atoms with E-state index in [-0.39, 0.29) is 11.2 Å². The van der Waals surface area contributed by atoms with Crippen molar-refractivity contribution in [3.05, 3.63) is 23.8 Å². The highest BCUT2D eigenvalue weighted by molar-refractivity contribution is 5.50. The van der Waals surface area contributed by atoms with E-state index in [2.05, 4.69) is 0 Å². The van der Waals surface area contributed by atoms with Crippen LogP contribution in [0.25, 0.3) is 0 Å². The molecule has 17 heavy (non-hydrogen) atoms. The Bertz CT molecular complexity index is 364. The van der Waals surface area contributed by atoms with E-state index < -0.39 is 0 Å². The number of benzene rings is 1. The molecule has 0 unspecified atom stereocenters. The molecule has 0 amide bonds. The summed E-state index contributed by atoms with van der Waals surface area (Å²) in [5.41, 5.74) is 6.74. The van der Waals surface area contributed by atoms with Gasteiger partial charge in [-0.3, -0.25) is 0 Å². The van der Waals surface area contributed by atoms with Crippen LogP contribution in [-0.2, 0) is 14.9 Å². The van der Waals surface area contributed by atoms with E-state index in [0.29, 0.717) is 25.5 Å². The number of ether oxygens (including phenoxy) is 2. The van der Waals surface area contributed by atoms with E-state index in [9.17, 15) is 5.11 Å². The summed E-state index contributed by atoms with van der Waals surface area (Å²) >= 11 is 0. The highest BCUT2D eigenvalue weighted by Gasteiger charge is 2.24. The highest BCUT2D eigenvalue weighted by atomic mass is 16.5. The SMILES string of the molecule is COCCOCC(C)(C)c1ccc(N)cc1O. The molecule has 0 saturated carbocycles. The maximum Gasteiger partial charge on any atom is 0.121 e. The molecule has 0 atom stereocenters. The third-order valence-electron chi connectivity index (χ3n) is 2.65. The number of aromatic hydroxyl groups is 1. The van der Waals surface area contributed by atoms with Crippen LogP contribution in [0.3, 0.4) is 0 Å². The van der Waals surface area contributed by atoms with Crippen molar-refractivity contribution in [1.82, 2.24) is 0 Å². The van der Waals surface area contributed by atoms with Gasteiger partial charge in [0.15, 0.2) is 0 Å². The molecule has 1 aromatic carbocycles. The molecule has 0 bridgehead atoms. The molecule has 0 radical (unpaired) electrons. The Hall–Kier alpha value is -1.26. The number of hydrogen-bond donors (Lipinski definition) is 2. The second-order valence-electron chi connectivity index (χ2n) is 4.71. The fourth-order valence-corrected chi connectivity index (χ4v) is 1.67. The number of phenolic OH excluding ortho intramolecular Hbond substituents is 1. The largest absolute Gasteiger partial charge is 0.508 e. The Morgan fingerprint density at radius 3 is 2.59 bits per heavy atom. The van der Waals surface area contributed by atoms with Crippen molar-refractivity contribution in [2.24, 2.45) is 0 Å². The minimum atomic E-state index is -0.258. The van der Waals surface area contributed by atoms with E-state index in [1.807, 2.05) is 19.9 Å². The van der Waals surface area contributed by atoms with Gasteiger partial charge in [0.25, 0.3) is 0 Å². The van der Waals surface area contributed by atoms with E-state index in [4.69, 9.17) is 15.2 Å². The fourth-order valence-electron chi connectivity index (χ4n) is 1.67. The first-order valence-corrected chi connectivity index (χ1v) is 5.63. The minimum absolute atomic E-state index is 0.213. The van der Waals surface area contributed by atoms with Crippen LogP contribution in [0.15, 0.2) is 18.2 Å². The lowest BCUT2D eigenvalue weighted by molar-refractivity contribution is 0.0480. The quantitative estimate of drug-likeness (QED) is 0.588. The van der Waals surface area contributed by atoms with Gasteiger partial charge in [-0.25, -0.2) is 0 Å². The predicted molar refractivity (Wildman–Crippen MR) is 68.2 cm³/mol. The van der Waals surface area contributed by atoms with Gasteiger partial charge in [-0.2, -0.15) is 0 Å². The molecule has 96 valence electrons. The van der Waals surface area contributed by atoms with Gasteiger partial charge in [0, 0.05) is 29.8 Å². The van der Waals surface area contributed by atoms with Crippen molar-refractivity contribution < 1.29 is 14.6 Å². The standard InChI is InChI=1S/C13H21NO3/c1-13(2,9-17-7-6-16-3)11-5-4-10(14)8-12(11)15/h4-5,8,15H,6-7,9,14H2,1-3H3. The zero-order valence-electron chi connectivity index (χ0n) is 10.7. The molecule has 4 nitrogen and oxygen atoms in total. The van der Waals surface area contributed by atoms with Crippen molar-refractivity contribution >= 4 is 5.69 Å². The van der Waals surface area contributed by atoms with Gasteiger partial charge in [-0.15, -0.1) is 0 Å². The Morgan fingerprint density at radius 1 is 1.29 bits per heavy atom. The monoisotopic (exact) mass is 239 g/mol. The van der Waals surface area contributed by atoms with Gasteiger partial charge in [-0.05, 0) is 6.07 Å². The molecule has 0 aliphatic heterocycles. The summed E-state index contributed by atoms with van der Waals surface area (Å²) < 4.78 is 10.4. The molecular formula is C13H21NO3. The van der Waals surface area contributed by atoms with Crippen LogP contribution >= 0.6 is 0 Å². The summed E-state index contributed by atoms with van der Waals surface area (Å²) in [7, 11) is 1.64. The van der Waals surface area contributed by atoms with Gasteiger partial charge in [0.1, 0.15) is 5.75 Å². The lowest BCUT2D eigenvalue weighted by Gasteiger charge is -2.26. The van der Waals surface area contributed by atoms with Crippen molar-refractivity contribution in [2.75, 3.05) is 32.7 Å². The topological polar surface area (TPSA) is 64.7 Å². The Kier molecular flexibility index (Phi) is 4.78. The smallest absolute Gasteiger partial charge is 0.121 e. The molecule has 4 heteroatoms. The molecule has 0 aromatic heterocycles. The summed E-state index contributed by atoms with van der Waals surface area (Å²) in [6.45, 7) is 5.68. The van der Waals surface area contributed by atoms with Gasteiger partial charge in [0.2, 0.25) is 0 Å². The van der Waals surface area contributed by atoms with Gasteiger partial charge < -0.3 is 20.3 Å². The first kappa shape index (κ1) is 13.8. The average Bonchev–Trinajstić information content (AvgIpc) is 2.24. The predicted octanol–water partition coefficient (Wildman–Crippen LogP) is 1.92. The third kappa shape index (κ3) is 3.91. The molecule has 0 fully saturated rings. The first-order valence-electron chi connectivity index (χ1n) is 5.63. The number of nitrogen functional groups attached to an aromatic ring is 1. The molecule has 0 heterocycles. The average molecular weight is 239 g/mol. The van der Waals surface area contributed by atoms with Crippen LogP contribution in [0.1, 0.15) is 19.4 Å². The number of phenols is 1. The number of nitrogens with two attached hydrogens (primary N) is 1. The summed E-state index contributed by atoms with van der Waals surface area (Å²) in [5, 5.41) is 9.87.